The van der Waals surface area contributed by atoms with Crippen LogP contribution >= 0.6 is 0 Å². The van der Waals surface area contributed by atoms with Gasteiger partial charge in [0.2, 0.25) is 0 Å². The monoisotopic (exact) mass is 910 g/mol. The number of hydrogen-bond acceptors (Lipinski definition) is 1. The summed E-state index contributed by atoms with van der Waals surface area (Å²) in [7, 11) is 6.53. The smallest absolute Gasteiger partial charge is 0.0568 e. The highest BCUT2D eigenvalue weighted by atomic mass is 15.1. The Bertz CT molecular complexity index is 3460. The Kier molecular flexibility index (Phi) is 11.5. The molecule has 0 fully saturated rings. The van der Waals surface area contributed by atoms with Gasteiger partial charge in [-0.25, -0.2) is 0 Å². The SMILES string of the molecule is CN1c2ccc(C(C)(C)C)cc2C(C)(C)c2cc(C(C)(C)C)ccc21.Cn1c2ccc(C(C)(C)C)cc2c2cc(C(C)(C)C)ccc21.Cn1c2ccc3ccccc3c2c2ccc3ccccc3c21. The maximum Gasteiger partial charge on any atom is 0.0568 e. The van der Waals surface area contributed by atoms with Gasteiger partial charge in [-0.1, -0.05) is 200 Å². The Balaban J connectivity index is 0.000000129. The number of aromatic nitrogens is 2. The zero-order valence-corrected chi connectivity index (χ0v) is 44.7. The predicted molar refractivity (Wildman–Crippen MR) is 304 cm³/mol. The van der Waals surface area contributed by atoms with Crippen LogP contribution in [-0.4, -0.2) is 16.2 Å². The molecule has 0 radical (unpaired) electrons. The Morgan fingerprint density at radius 3 is 1.22 bits per heavy atom. The van der Waals surface area contributed by atoms with Gasteiger partial charge in [0.15, 0.2) is 0 Å². The number of benzene rings is 8. The van der Waals surface area contributed by atoms with Crippen molar-refractivity contribution in [3.05, 3.63) is 179 Å². The number of hydrogen-bond donors (Lipinski definition) is 0. The van der Waals surface area contributed by atoms with Crippen LogP contribution in [0.5, 0.6) is 0 Å². The molecule has 0 saturated carbocycles. The van der Waals surface area contributed by atoms with Crippen molar-refractivity contribution in [3.8, 4) is 0 Å². The molecule has 3 heterocycles. The summed E-state index contributed by atoms with van der Waals surface area (Å²) >= 11 is 0. The Morgan fingerprint density at radius 2 is 0.739 bits per heavy atom. The van der Waals surface area contributed by atoms with Gasteiger partial charge in [-0.05, 0) is 114 Å². The first-order chi connectivity index (χ1) is 32.3. The molecule has 11 rings (SSSR count). The summed E-state index contributed by atoms with van der Waals surface area (Å²) < 4.78 is 4.64. The van der Waals surface area contributed by atoms with Gasteiger partial charge in [0, 0.05) is 81.4 Å². The average Bonchev–Trinajstić information content (AvgIpc) is 3.76. The minimum Gasteiger partial charge on any atom is -0.344 e. The van der Waals surface area contributed by atoms with Crippen molar-refractivity contribution in [2.24, 2.45) is 14.1 Å². The van der Waals surface area contributed by atoms with Crippen molar-refractivity contribution in [2.75, 3.05) is 11.9 Å². The zero-order valence-electron chi connectivity index (χ0n) is 44.7. The highest BCUT2D eigenvalue weighted by Crippen LogP contribution is 2.50. The van der Waals surface area contributed by atoms with Crippen molar-refractivity contribution < 1.29 is 0 Å². The summed E-state index contributed by atoms with van der Waals surface area (Å²) in [5.74, 6) is 0. The van der Waals surface area contributed by atoms with Crippen LogP contribution in [0.4, 0.5) is 11.4 Å². The van der Waals surface area contributed by atoms with E-state index in [0.29, 0.717) is 0 Å². The second-order valence-electron chi connectivity index (χ2n) is 24.6. The molecule has 3 heteroatoms. The van der Waals surface area contributed by atoms with Gasteiger partial charge < -0.3 is 14.0 Å². The molecule has 0 unspecified atom stereocenters. The molecule has 8 aromatic carbocycles. The van der Waals surface area contributed by atoms with E-state index in [2.05, 4.69) is 278 Å². The van der Waals surface area contributed by atoms with Crippen molar-refractivity contribution >= 4 is 76.5 Å². The normalized spacial score (nSPS) is 14.0. The van der Waals surface area contributed by atoms with Crippen LogP contribution in [0.1, 0.15) is 130 Å². The molecule has 0 amide bonds. The number of rotatable bonds is 0. The lowest BCUT2D eigenvalue weighted by Gasteiger charge is -2.42. The van der Waals surface area contributed by atoms with Crippen LogP contribution in [0.25, 0.3) is 65.2 Å². The number of nitrogens with zero attached hydrogens (tertiary/aromatic N) is 3. The molecule has 1 aliphatic heterocycles. The number of aryl methyl sites for hydroxylation is 2. The van der Waals surface area contributed by atoms with Crippen LogP contribution in [0, 0.1) is 0 Å². The maximum atomic E-state index is 2.43. The van der Waals surface area contributed by atoms with Crippen molar-refractivity contribution in [1.82, 2.24) is 9.13 Å². The summed E-state index contributed by atoms with van der Waals surface area (Å²) in [6.45, 7) is 32.2. The van der Waals surface area contributed by atoms with Crippen LogP contribution in [0.15, 0.2) is 146 Å². The predicted octanol–water partition coefficient (Wildman–Crippen LogP) is 18.3. The van der Waals surface area contributed by atoms with E-state index < -0.39 is 0 Å². The first-order valence-corrected chi connectivity index (χ1v) is 25.1. The molecule has 3 nitrogen and oxygen atoms in total. The molecule has 0 bridgehead atoms. The molecule has 69 heavy (non-hydrogen) atoms. The summed E-state index contributed by atoms with van der Waals surface area (Å²) in [6, 6.07) is 54.1. The second-order valence-corrected chi connectivity index (χ2v) is 24.6. The van der Waals surface area contributed by atoms with Gasteiger partial charge in [-0.15, -0.1) is 0 Å². The van der Waals surface area contributed by atoms with Crippen molar-refractivity contribution in [1.29, 1.82) is 0 Å². The van der Waals surface area contributed by atoms with E-state index in [0.717, 1.165) is 0 Å². The first kappa shape index (κ1) is 47.7. The highest BCUT2D eigenvalue weighted by molar-refractivity contribution is 6.25. The lowest BCUT2D eigenvalue weighted by molar-refractivity contribution is 0.572. The van der Waals surface area contributed by atoms with E-state index in [1.54, 1.807) is 0 Å². The number of anilines is 2. The fourth-order valence-electron chi connectivity index (χ4n) is 10.8. The van der Waals surface area contributed by atoms with Gasteiger partial charge in [-0.2, -0.15) is 0 Å². The molecule has 0 saturated heterocycles. The van der Waals surface area contributed by atoms with E-state index in [9.17, 15) is 0 Å². The van der Waals surface area contributed by atoms with Gasteiger partial charge in [0.1, 0.15) is 0 Å². The molecule has 0 spiro atoms. The zero-order chi connectivity index (χ0) is 49.7. The fourth-order valence-corrected chi connectivity index (χ4v) is 10.8. The van der Waals surface area contributed by atoms with Crippen LogP contribution in [-0.2, 0) is 41.2 Å². The third-order valence-corrected chi connectivity index (χ3v) is 15.3. The topological polar surface area (TPSA) is 13.1 Å². The molecule has 354 valence electrons. The Labute approximate surface area is 412 Å². The quantitative estimate of drug-likeness (QED) is 0.148. The molecule has 0 N–H and O–H groups in total. The van der Waals surface area contributed by atoms with E-state index in [1.807, 2.05) is 0 Å². The molecule has 10 aromatic rings. The van der Waals surface area contributed by atoms with Gasteiger partial charge in [-0.3, -0.25) is 0 Å². The summed E-state index contributed by atoms with van der Waals surface area (Å²) in [4.78, 5) is 2.36. The molecule has 0 atom stereocenters. The summed E-state index contributed by atoms with van der Waals surface area (Å²) in [5, 5.41) is 10.7. The Hall–Kier alpha value is -6.32. The summed E-state index contributed by atoms with van der Waals surface area (Å²) in [5.41, 5.74) is 17.1. The molecular weight excluding hydrogens is 835 g/mol. The first-order valence-electron chi connectivity index (χ1n) is 25.1. The van der Waals surface area contributed by atoms with E-state index >= 15 is 0 Å². The van der Waals surface area contributed by atoms with Crippen molar-refractivity contribution in [3.63, 3.8) is 0 Å². The minimum atomic E-state index is -0.000301. The van der Waals surface area contributed by atoms with Crippen LogP contribution < -0.4 is 4.90 Å². The standard InChI is InChI=1S/C24H33N.C21H15N.C21H27N/c1-22(2,3)16-10-12-20-18(14-16)24(7,8)19-15-17(23(4,5)6)11-13-21(19)25(20)9;1-22-19-13-11-14-6-2-4-8-16(14)20(19)18-12-10-15-7-3-5-9-17(15)21(18)22;1-20(2,3)14-8-10-18-16(12-14)17-13-15(21(4,5)6)9-11-19(17)22(18)7/h10-15H,1-9H3;2-13H,1H3;8-13H,1-7H3. The molecule has 0 aliphatic carbocycles. The van der Waals surface area contributed by atoms with Crippen LogP contribution in [0.2, 0.25) is 0 Å². The maximum absolute atomic E-state index is 2.43. The van der Waals surface area contributed by atoms with Gasteiger partial charge >= 0.3 is 0 Å². The van der Waals surface area contributed by atoms with Gasteiger partial charge in [0.25, 0.3) is 0 Å². The summed E-state index contributed by atoms with van der Waals surface area (Å²) in [6.07, 6.45) is 0. The van der Waals surface area contributed by atoms with Crippen molar-refractivity contribution in [2.45, 2.75) is 124 Å². The molecule has 2 aromatic heterocycles. The largest absolute Gasteiger partial charge is 0.344 e. The second kappa shape index (κ2) is 16.7. The van der Waals surface area contributed by atoms with E-state index in [4.69, 9.17) is 0 Å². The average molecular weight is 910 g/mol. The minimum absolute atomic E-state index is 0.000301. The third kappa shape index (κ3) is 8.40. The lowest BCUT2D eigenvalue weighted by Crippen LogP contribution is -2.32. The lowest BCUT2D eigenvalue weighted by atomic mass is 9.70. The molecule has 1 aliphatic rings. The highest BCUT2D eigenvalue weighted by Gasteiger charge is 2.37. The van der Waals surface area contributed by atoms with Crippen LogP contribution in [0.3, 0.4) is 0 Å². The van der Waals surface area contributed by atoms with E-state index in [1.165, 1.54) is 110 Å². The fraction of sp³-hybridized carbons (Fsp3) is 0.333. The molecular formula is C66H75N3. The Morgan fingerprint density at radius 1 is 0.348 bits per heavy atom. The third-order valence-electron chi connectivity index (χ3n) is 15.3. The van der Waals surface area contributed by atoms with Gasteiger partial charge in [0.05, 0.1) is 5.52 Å². The van der Waals surface area contributed by atoms with E-state index in [-0.39, 0.29) is 27.1 Å². The number of fused-ring (bicyclic) bond motifs is 12.